The number of nitrogens with zero attached hydrogens (tertiary/aromatic N) is 1. The van der Waals surface area contributed by atoms with Crippen molar-refractivity contribution in [2.75, 3.05) is 7.05 Å². The van der Waals surface area contributed by atoms with E-state index in [1.807, 2.05) is 36.4 Å². The lowest BCUT2D eigenvalue weighted by molar-refractivity contribution is 0.983. The van der Waals surface area contributed by atoms with Crippen LogP contribution in [0.25, 0.3) is 6.08 Å². The van der Waals surface area contributed by atoms with Crippen LogP contribution in [0.4, 0.5) is 0 Å². The van der Waals surface area contributed by atoms with Crippen molar-refractivity contribution in [1.82, 2.24) is 10.7 Å². The minimum Gasteiger partial charge on any atom is -0.364 e. The standard InChI is InChI=1S/C11H12ClN3S/c1-13-11(16)15-14-8-10(12)7-9-5-3-2-4-6-9/h2-8H,1H3,(H2,13,15,16)/b10-7-,14-8-. The summed E-state index contributed by atoms with van der Waals surface area (Å²) < 4.78 is 0. The van der Waals surface area contributed by atoms with Crippen molar-refractivity contribution in [3.8, 4) is 0 Å². The van der Waals surface area contributed by atoms with Gasteiger partial charge in [0, 0.05) is 7.05 Å². The van der Waals surface area contributed by atoms with Gasteiger partial charge in [0.15, 0.2) is 5.11 Å². The first-order chi connectivity index (χ1) is 7.72. The van der Waals surface area contributed by atoms with Crippen LogP contribution in [0.5, 0.6) is 0 Å². The highest BCUT2D eigenvalue weighted by Gasteiger charge is 1.90. The summed E-state index contributed by atoms with van der Waals surface area (Å²) in [7, 11) is 1.71. The van der Waals surface area contributed by atoms with Gasteiger partial charge in [0.1, 0.15) is 0 Å². The lowest BCUT2D eigenvalue weighted by Crippen LogP contribution is -2.28. The van der Waals surface area contributed by atoms with Crippen LogP contribution in [-0.2, 0) is 0 Å². The second kappa shape index (κ2) is 6.98. The Labute approximate surface area is 105 Å². The first-order valence-electron chi connectivity index (χ1n) is 4.65. The van der Waals surface area contributed by atoms with E-state index in [9.17, 15) is 0 Å². The maximum Gasteiger partial charge on any atom is 0.186 e. The number of benzene rings is 1. The Hall–Kier alpha value is -1.39. The fraction of sp³-hybridized carbons (Fsp3) is 0.0909. The maximum atomic E-state index is 5.95. The Kier molecular flexibility index (Phi) is 5.53. The summed E-state index contributed by atoms with van der Waals surface area (Å²) in [5, 5.41) is 7.56. The van der Waals surface area contributed by atoms with E-state index in [4.69, 9.17) is 23.8 Å². The van der Waals surface area contributed by atoms with Gasteiger partial charge >= 0.3 is 0 Å². The topological polar surface area (TPSA) is 36.4 Å². The molecule has 1 rings (SSSR count). The van der Waals surface area contributed by atoms with Gasteiger partial charge < -0.3 is 5.32 Å². The number of hydrazone groups is 1. The lowest BCUT2D eigenvalue weighted by Gasteiger charge is -1.98. The van der Waals surface area contributed by atoms with E-state index >= 15 is 0 Å². The van der Waals surface area contributed by atoms with E-state index < -0.39 is 0 Å². The third-order valence-corrected chi connectivity index (χ3v) is 2.19. The van der Waals surface area contributed by atoms with Gasteiger partial charge in [-0.1, -0.05) is 41.9 Å². The van der Waals surface area contributed by atoms with Crippen molar-refractivity contribution in [3.63, 3.8) is 0 Å². The molecule has 5 heteroatoms. The van der Waals surface area contributed by atoms with Gasteiger partial charge in [0.2, 0.25) is 0 Å². The van der Waals surface area contributed by atoms with Crippen LogP contribution in [0, 0.1) is 0 Å². The minimum atomic E-state index is 0.445. The Bertz CT molecular complexity index is 401. The minimum absolute atomic E-state index is 0.445. The van der Waals surface area contributed by atoms with E-state index in [0.717, 1.165) is 5.56 Å². The van der Waals surface area contributed by atoms with E-state index in [0.29, 0.717) is 10.1 Å². The lowest BCUT2D eigenvalue weighted by atomic mass is 10.2. The summed E-state index contributed by atoms with van der Waals surface area (Å²) in [6.07, 6.45) is 3.31. The van der Waals surface area contributed by atoms with Crippen molar-refractivity contribution >= 4 is 41.2 Å². The fourth-order valence-electron chi connectivity index (χ4n) is 0.954. The highest BCUT2D eigenvalue weighted by molar-refractivity contribution is 7.80. The molecule has 1 aromatic carbocycles. The average molecular weight is 254 g/mol. The summed E-state index contributed by atoms with van der Waals surface area (Å²) in [6.45, 7) is 0. The van der Waals surface area contributed by atoms with Gasteiger partial charge in [-0.3, -0.25) is 5.43 Å². The van der Waals surface area contributed by atoms with E-state index in [2.05, 4.69) is 15.8 Å². The molecule has 3 nitrogen and oxygen atoms in total. The molecule has 84 valence electrons. The molecular formula is C11H12ClN3S. The molecule has 0 unspecified atom stereocenters. The Morgan fingerprint density at radius 2 is 2.06 bits per heavy atom. The third-order valence-electron chi connectivity index (χ3n) is 1.69. The molecule has 0 spiro atoms. The summed E-state index contributed by atoms with van der Waals surface area (Å²) in [6, 6.07) is 9.76. The highest BCUT2D eigenvalue weighted by atomic mass is 35.5. The summed E-state index contributed by atoms with van der Waals surface area (Å²) in [5.74, 6) is 0. The maximum absolute atomic E-state index is 5.95. The number of hydrogen-bond acceptors (Lipinski definition) is 2. The van der Waals surface area contributed by atoms with Crippen molar-refractivity contribution < 1.29 is 0 Å². The van der Waals surface area contributed by atoms with Crippen molar-refractivity contribution in [3.05, 3.63) is 40.9 Å². The van der Waals surface area contributed by atoms with Gasteiger partial charge in [-0.2, -0.15) is 5.10 Å². The van der Waals surface area contributed by atoms with Crippen molar-refractivity contribution in [2.24, 2.45) is 5.10 Å². The van der Waals surface area contributed by atoms with Crippen LogP contribution in [0.15, 0.2) is 40.5 Å². The first kappa shape index (κ1) is 12.7. The first-order valence-corrected chi connectivity index (χ1v) is 5.44. The molecule has 1 aromatic rings. The molecule has 0 aliphatic rings. The Morgan fingerprint density at radius 1 is 1.38 bits per heavy atom. The van der Waals surface area contributed by atoms with Crippen molar-refractivity contribution in [1.29, 1.82) is 0 Å². The molecule has 0 saturated carbocycles. The molecule has 0 fully saturated rings. The van der Waals surface area contributed by atoms with E-state index in [1.165, 1.54) is 6.21 Å². The zero-order chi connectivity index (χ0) is 11.8. The molecule has 0 heterocycles. The number of allylic oxidation sites excluding steroid dienone is 1. The molecule has 0 amide bonds. The zero-order valence-electron chi connectivity index (χ0n) is 8.77. The zero-order valence-corrected chi connectivity index (χ0v) is 10.3. The van der Waals surface area contributed by atoms with Gasteiger partial charge in [-0.25, -0.2) is 0 Å². The van der Waals surface area contributed by atoms with Gasteiger partial charge in [-0.05, 0) is 23.9 Å². The van der Waals surface area contributed by atoms with Gasteiger partial charge in [0.05, 0.1) is 11.2 Å². The second-order valence-electron chi connectivity index (χ2n) is 2.89. The fourth-order valence-corrected chi connectivity index (χ4v) is 1.18. The molecule has 0 aromatic heterocycles. The van der Waals surface area contributed by atoms with Crippen LogP contribution >= 0.6 is 23.8 Å². The molecule has 0 saturated heterocycles. The van der Waals surface area contributed by atoms with Crippen molar-refractivity contribution in [2.45, 2.75) is 0 Å². The molecule has 2 N–H and O–H groups in total. The summed E-state index contributed by atoms with van der Waals surface area (Å²) in [5.41, 5.74) is 3.64. The monoisotopic (exact) mass is 253 g/mol. The molecule has 0 aliphatic carbocycles. The van der Waals surface area contributed by atoms with Gasteiger partial charge in [0.25, 0.3) is 0 Å². The number of nitrogens with one attached hydrogen (secondary N) is 2. The molecule has 16 heavy (non-hydrogen) atoms. The van der Waals surface area contributed by atoms with Crippen LogP contribution in [-0.4, -0.2) is 18.4 Å². The highest BCUT2D eigenvalue weighted by Crippen LogP contribution is 2.07. The third kappa shape index (κ3) is 4.91. The predicted octanol–water partition coefficient (Wildman–Crippen LogP) is 2.35. The van der Waals surface area contributed by atoms with Crippen LogP contribution in [0.3, 0.4) is 0 Å². The molecule has 0 atom stereocenters. The number of rotatable bonds is 3. The number of hydrogen-bond donors (Lipinski definition) is 2. The quantitative estimate of drug-likeness (QED) is 0.493. The Balaban J connectivity index is 2.55. The molecule has 0 radical (unpaired) electrons. The second-order valence-corrected chi connectivity index (χ2v) is 3.73. The van der Waals surface area contributed by atoms with Crippen LogP contribution in [0.2, 0.25) is 0 Å². The molecule has 0 aliphatic heterocycles. The normalized spacial score (nSPS) is 11.5. The molecule has 0 bridgehead atoms. The summed E-state index contributed by atoms with van der Waals surface area (Å²) >= 11 is 10.8. The van der Waals surface area contributed by atoms with E-state index in [-0.39, 0.29) is 0 Å². The predicted molar refractivity (Wildman–Crippen MR) is 73.6 cm³/mol. The molecular weight excluding hydrogens is 242 g/mol. The largest absolute Gasteiger partial charge is 0.364 e. The van der Waals surface area contributed by atoms with Crippen LogP contribution < -0.4 is 10.7 Å². The SMILES string of the molecule is CNC(=S)N/N=C\C(Cl)=C\c1ccccc1. The number of halogens is 1. The number of thiocarbonyl (C=S) groups is 1. The van der Waals surface area contributed by atoms with E-state index in [1.54, 1.807) is 7.05 Å². The average Bonchev–Trinajstić information content (AvgIpc) is 2.30. The Morgan fingerprint density at radius 3 is 2.69 bits per heavy atom. The summed E-state index contributed by atoms with van der Waals surface area (Å²) in [4.78, 5) is 0. The van der Waals surface area contributed by atoms with Crippen LogP contribution in [0.1, 0.15) is 5.56 Å². The smallest absolute Gasteiger partial charge is 0.186 e. The van der Waals surface area contributed by atoms with Gasteiger partial charge in [-0.15, -0.1) is 0 Å².